The van der Waals surface area contributed by atoms with Gasteiger partial charge in [-0.15, -0.1) is 0 Å². The molecule has 0 bridgehead atoms. The molecule has 0 aliphatic carbocycles. The van der Waals surface area contributed by atoms with Crippen molar-refractivity contribution in [3.63, 3.8) is 0 Å². The third-order valence-electron chi connectivity index (χ3n) is 7.95. The van der Waals surface area contributed by atoms with Crippen molar-refractivity contribution < 1.29 is 37.6 Å². The molecule has 0 saturated heterocycles. The van der Waals surface area contributed by atoms with Crippen LogP contribution in [0.2, 0.25) is 0 Å². The molecule has 0 spiro atoms. The van der Waals surface area contributed by atoms with Gasteiger partial charge in [-0.25, -0.2) is 9.36 Å². The maximum absolute atomic E-state index is 12.4. The van der Waals surface area contributed by atoms with E-state index in [1.807, 2.05) is 6.08 Å². The van der Waals surface area contributed by atoms with Crippen LogP contribution in [0.15, 0.2) is 24.3 Å². The SMILES string of the molecule is CCCCCCCCCCCCC/C=C/C=C/C(=O)O[C@H](COC(=O)CCCCCCCCCCCCC)COP(=O)(O)OCCN. The smallest absolute Gasteiger partial charge is 0.462 e. The van der Waals surface area contributed by atoms with E-state index in [1.165, 1.54) is 122 Å². The summed E-state index contributed by atoms with van der Waals surface area (Å²) in [6.07, 6.45) is 34.1. The second-order valence-corrected chi connectivity index (χ2v) is 14.0. The molecule has 1 unspecified atom stereocenters. The van der Waals surface area contributed by atoms with E-state index < -0.39 is 32.5 Å². The minimum absolute atomic E-state index is 0.0422. The zero-order chi connectivity index (χ0) is 34.7. The Kier molecular flexibility index (Phi) is 33.3. The fourth-order valence-electron chi connectivity index (χ4n) is 5.13. The highest BCUT2D eigenvalue weighted by Gasteiger charge is 2.25. The molecular weight excluding hydrogens is 617 g/mol. The van der Waals surface area contributed by atoms with Gasteiger partial charge in [0.1, 0.15) is 6.61 Å². The van der Waals surface area contributed by atoms with Crippen molar-refractivity contribution in [3.8, 4) is 0 Å². The summed E-state index contributed by atoms with van der Waals surface area (Å²) in [6.45, 7) is 3.59. The van der Waals surface area contributed by atoms with Gasteiger partial charge in [0, 0.05) is 19.0 Å². The van der Waals surface area contributed by atoms with Crippen LogP contribution in [-0.4, -0.2) is 49.3 Å². The predicted molar refractivity (Wildman–Crippen MR) is 192 cm³/mol. The minimum Gasteiger partial charge on any atom is -0.462 e. The number of nitrogens with two attached hydrogens (primary N) is 1. The zero-order valence-electron chi connectivity index (χ0n) is 30.0. The van der Waals surface area contributed by atoms with Crippen molar-refractivity contribution in [1.82, 2.24) is 0 Å². The molecule has 0 heterocycles. The lowest BCUT2D eigenvalue weighted by atomic mass is 10.1. The minimum atomic E-state index is -4.39. The number of unbranched alkanes of at least 4 members (excludes halogenated alkanes) is 21. The van der Waals surface area contributed by atoms with Gasteiger partial charge in [0.05, 0.1) is 13.2 Å². The quantitative estimate of drug-likeness (QED) is 0.0219. The summed E-state index contributed by atoms with van der Waals surface area (Å²) < 4.78 is 32.4. The normalized spacial score (nSPS) is 13.7. The molecular formula is C37H70NO8P. The van der Waals surface area contributed by atoms with Crippen LogP contribution in [0.25, 0.3) is 0 Å². The number of carbonyl (C=O) groups is 2. The zero-order valence-corrected chi connectivity index (χ0v) is 30.9. The van der Waals surface area contributed by atoms with E-state index in [0.717, 1.165) is 32.1 Å². The molecule has 0 aromatic rings. The van der Waals surface area contributed by atoms with Crippen LogP contribution in [0.1, 0.15) is 168 Å². The van der Waals surface area contributed by atoms with Crippen LogP contribution in [-0.2, 0) is 32.7 Å². The molecule has 276 valence electrons. The molecule has 47 heavy (non-hydrogen) atoms. The Morgan fingerprint density at radius 2 is 1.17 bits per heavy atom. The Morgan fingerprint density at radius 1 is 0.681 bits per heavy atom. The molecule has 3 N–H and O–H groups in total. The summed E-state index contributed by atoms with van der Waals surface area (Å²) in [7, 11) is -4.39. The number of phosphoric ester groups is 1. The summed E-state index contributed by atoms with van der Waals surface area (Å²) in [4.78, 5) is 34.5. The first-order valence-corrected chi connectivity index (χ1v) is 20.4. The Bertz CT molecular complexity index is 835. The van der Waals surface area contributed by atoms with E-state index in [-0.39, 0.29) is 26.2 Å². The lowest BCUT2D eigenvalue weighted by molar-refractivity contribution is -0.157. The Balaban J connectivity index is 4.34. The molecule has 2 atom stereocenters. The van der Waals surface area contributed by atoms with Gasteiger partial charge >= 0.3 is 19.8 Å². The molecule has 0 amide bonds. The van der Waals surface area contributed by atoms with Crippen LogP contribution < -0.4 is 5.73 Å². The molecule has 0 saturated carbocycles. The average Bonchev–Trinajstić information content (AvgIpc) is 3.05. The summed E-state index contributed by atoms with van der Waals surface area (Å²) in [5.41, 5.74) is 5.32. The van der Waals surface area contributed by atoms with Crippen molar-refractivity contribution in [2.45, 2.75) is 174 Å². The topological polar surface area (TPSA) is 134 Å². The number of esters is 2. The largest absolute Gasteiger partial charge is 0.472 e. The van der Waals surface area contributed by atoms with E-state index in [9.17, 15) is 19.0 Å². The van der Waals surface area contributed by atoms with Gasteiger partial charge in [0.15, 0.2) is 6.10 Å². The van der Waals surface area contributed by atoms with E-state index >= 15 is 0 Å². The van der Waals surface area contributed by atoms with E-state index in [2.05, 4.69) is 13.8 Å². The Hall–Kier alpha value is -1.51. The highest BCUT2D eigenvalue weighted by molar-refractivity contribution is 7.47. The lowest BCUT2D eigenvalue weighted by Crippen LogP contribution is -2.29. The standard InChI is InChI=1S/C37H70NO8P/c1-3-5-7-9-11-13-15-16-17-18-20-22-24-26-28-30-37(40)46-35(34-45-47(41,42)44-32-31-38)33-43-36(39)29-27-25-23-21-19-14-12-10-8-6-4-2/h24,26,28,30,35H,3-23,25,27,29,31-34,38H2,1-2H3,(H,41,42)/b26-24+,30-28+/t35-/m1/s1. The molecule has 10 heteroatoms. The van der Waals surface area contributed by atoms with Gasteiger partial charge in [0.2, 0.25) is 0 Å². The van der Waals surface area contributed by atoms with Crippen molar-refractivity contribution in [2.75, 3.05) is 26.4 Å². The first-order chi connectivity index (χ1) is 22.8. The van der Waals surface area contributed by atoms with Crippen molar-refractivity contribution in [2.24, 2.45) is 5.73 Å². The fraction of sp³-hybridized carbons (Fsp3) is 0.838. The fourth-order valence-corrected chi connectivity index (χ4v) is 5.89. The molecule has 0 fully saturated rings. The third kappa shape index (κ3) is 34.2. The molecule has 0 rings (SSSR count). The molecule has 0 radical (unpaired) electrons. The molecule has 0 aliphatic rings. The van der Waals surface area contributed by atoms with Crippen molar-refractivity contribution >= 4 is 19.8 Å². The first-order valence-electron chi connectivity index (χ1n) is 18.9. The Labute approximate surface area is 287 Å². The maximum atomic E-state index is 12.4. The maximum Gasteiger partial charge on any atom is 0.472 e. The van der Waals surface area contributed by atoms with E-state index in [0.29, 0.717) is 0 Å². The number of hydrogen-bond donors (Lipinski definition) is 2. The number of carbonyl (C=O) groups excluding carboxylic acids is 2. The van der Waals surface area contributed by atoms with Gasteiger partial charge < -0.3 is 20.1 Å². The number of phosphoric acid groups is 1. The number of hydrogen-bond acceptors (Lipinski definition) is 8. The van der Waals surface area contributed by atoms with Crippen LogP contribution in [0.5, 0.6) is 0 Å². The first kappa shape index (κ1) is 45.5. The summed E-state index contributed by atoms with van der Waals surface area (Å²) in [6, 6.07) is 0. The van der Waals surface area contributed by atoms with Crippen molar-refractivity contribution in [3.05, 3.63) is 24.3 Å². The van der Waals surface area contributed by atoms with Crippen molar-refractivity contribution in [1.29, 1.82) is 0 Å². The van der Waals surface area contributed by atoms with E-state index in [1.54, 1.807) is 12.2 Å². The van der Waals surface area contributed by atoms with Crippen LogP contribution in [0.4, 0.5) is 0 Å². The summed E-state index contributed by atoms with van der Waals surface area (Å²) >= 11 is 0. The van der Waals surface area contributed by atoms with Crippen LogP contribution in [0.3, 0.4) is 0 Å². The highest BCUT2D eigenvalue weighted by Crippen LogP contribution is 2.43. The molecule has 0 aromatic heterocycles. The van der Waals surface area contributed by atoms with Gasteiger partial charge in [-0.3, -0.25) is 13.8 Å². The average molecular weight is 688 g/mol. The predicted octanol–water partition coefficient (Wildman–Crippen LogP) is 10.0. The van der Waals surface area contributed by atoms with Crippen LogP contribution >= 0.6 is 7.82 Å². The number of rotatable bonds is 35. The third-order valence-corrected chi connectivity index (χ3v) is 8.93. The number of allylic oxidation sites excluding steroid dienone is 3. The Morgan fingerprint density at radius 3 is 1.68 bits per heavy atom. The second kappa shape index (κ2) is 34.4. The molecule has 0 aromatic carbocycles. The van der Waals surface area contributed by atoms with E-state index in [4.69, 9.17) is 24.3 Å². The molecule has 9 nitrogen and oxygen atoms in total. The summed E-state index contributed by atoms with van der Waals surface area (Å²) in [5.74, 6) is -1.08. The molecule has 0 aliphatic heterocycles. The van der Waals surface area contributed by atoms with Gasteiger partial charge in [-0.2, -0.15) is 0 Å². The van der Waals surface area contributed by atoms with Crippen LogP contribution in [0, 0.1) is 0 Å². The summed E-state index contributed by atoms with van der Waals surface area (Å²) in [5, 5.41) is 0. The highest BCUT2D eigenvalue weighted by atomic mass is 31.2. The van der Waals surface area contributed by atoms with Gasteiger partial charge in [-0.05, 0) is 19.3 Å². The van der Waals surface area contributed by atoms with Gasteiger partial charge in [0.25, 0.3) is 0 Å². The lowest BCUT2D eigenvalue weighted by Gasteiger charge is -2.19. The second-order valence-electron chi connectivity index (χ2n) is 12.5. The van der Waals surface area contributed by atoms with Gasteiger partial charge in [-0.1, -0.05) is 160 Å². The number of ether oxygens (including phenoxy) is 2. The monoisotopic (exact) mass is 687 g/mol.